The van der Waals surface area contributed by atoms with Crippen molar-refractivity contribution in [2.24, 2.45) is 0 Å². The number of amides is 1. The van der Waals surface area contributed by atoms with Gasteiger partial charge in [-0.15, -0.1) is 0 Å². The Kier molecular flexibility index (Phi) is 5.76. The molecule has 1 amide bonds. The first-order chi connectivity index (χ1) is 11.0. The zero-order chi connectivity index (χ0) is 16.8. The number of anilines is 1. The molecule has 0 saturated heterocycles. The molecule has 0 radical (unpaired) electrons. The Bertz CT molecular complexity index is 717. The molecule has 5 nitrogen and oxygen atoms in total. The van der Waals surface area contributed by atoms with Gasteiger partial charge in [0, 0.05) is 4.47 Å². The van der Waals surface area contributed by atoms with Crippen molar-refractivity contribution in [1.82, 2.24) is 0 Å². The standard InChI is InChI=1S/C17H16BrNO4/c1-11(23-17(21)12-6-5-7-13(18)10-12)16(20)19-14-8-3-4-9-15(14)22-2/h3-11H,1-2H3,(H,19,20). The molecule has 1 unspecified atom stereocenters. The number of esters is 1. The van der Waals surface area contributed by atoms with Crippen molar-refractivity contribution >= 4 is 33.5 Å². The highest BCUT2D eigenvalue weighted by molar-refractivity contribution is 9.10. The maximum absolute atomic E-state index is 12.2. The molecule has 0 spiro atoms. The van der Waals surface area contributed by atoms with Gasteiger partial charge in [-0.05, 0) is 37.3 Å². The summed E-state index contributed by atoms with van der Waals surface area (Å²) in [5.74, 6) is -0.460. The molecule has 0 heterocycles. The van der Waals surface area contributed by atoms with Crippen molar-refractivity contribution in [2.75, 3.05) is 12.4 Å². The summed E-state index contributed by atoms with van der Waals surface area (Å²) in [5.41, 5.74) is 0.890. The van der Waals surface area contributed by atoms with Crippen LogP contribution < -0.4 is 10.1 Å². The maximum atomic E-state index is 12.2. The van der Waals surface area contributed by atoms with E-state index >= 15 is 0 Å². The van der Waals surface area contributed by atoms with Gasteiger partial charge in [0.15, 0.2) is 6.10 Å². The average molecular weight is 378 g/mol. The molecule has 6 heteroatoms. The van der Waals surface area contributed by atoms with Crippen LogP contribution >= 0.6 is 15.9 Å². The molecule has 2 aromatic rings. The Balaban J connectivity index is 2.01. The quantitative estimate of drug-likeness (QED) is 0.807. The average Bonchev–Trinajstić information content (AvgIpc) is 2.55. The van der Waals surface area contributed by atoms with Crippen LogP contribution in [0.25, 0.3) is 0 Å². The third kappa shape index (κ3) is 4.56. The smallest absolute Gasteiger partial charge is 0.338 e. The van der Waals surface area contributed by atoms with Gasteiger partial charge in [0.05, 0.1) is 18.4 Å². The number of ether oxygens (including phenoxy) is 2. The lowest BCUT2D eigenvalue weighted by Crippen LogP contribution is -2.30. The van der Waals surface area contributed by atoms with Crippen molar-refractivity contribution in [2.45, 2.75) is 13.0 Å². The van der Waals surface area contributed by atoms with Crippen molar-refractivity contribution in [3.05, 3.63) is 58.6 Å². The van der Waals surface area contributed by atoms with Crippen LogP contribution in [-0.2, 0) is 9.53 Å². The highest BCUT2D eigenvalue weighted by Crippen LogP contribution is 2.23. The predicted octanol–water partition coefficient (Wildman–Crippen LogP) is 3.64. The number of hydrogen-bond donors (Lipinski definition) is 1. The van der Waals surface area contributed by atoms with Crippen molar-refractivity contribution < 1.29 is 19.1 Å². The van der Waals surface area contributed by atoms with Crippen LogP contribution in [0.3, 0.4) is 0 Å². The topological polar surface area (TPSA) is 64.6 Å². The van der Waals surface area contributed by atoms with Gasteiger partial charge in [-0.3, -0.25) is 4.79 Å². The summed E-state index contributed by atoms with van der Waals surface area (Å²) in [7, 11) is 1.52. The number of hydrogen-bond acceptors (Lipinski definition) is 4. The number of methoxy groups -OCH3 is 1. The Morgan fingerprint density at radius 1 is 1.13 bits per heavy atom. The molecule has 0 aromatic heterocycles. The van der Waals surface area contributed by atoms with Gasteiger partial charge in [-0.1, -0.05) is 34.1 Å². The highest BCUT2D eigenvalue weighted by atomic mass is 79.9. The summed E-state index contributed by atoms with van der Waals surface area (Å²) in [6.45, 7) is 1.51. The van der Waals surface area contributed by atoms with Gasteiger partial charge in [0.25, 0.3) is 5.91 Å². The highest BCUT2D eigenvalue weighted by Gasteiger charge is 2.20. The number of carbonyl (C=O) groups is 2. The van der Waals surface area contributed by atoms with E-state index in [-0.39, 0.29) is 0 Å². The molecule has 2 rings (SSSR count). The van der Waals surface area contributed by atoms with Gasteiger partial charge in [0.2, 0.25) is 0 Å². The van der Waals surface area contributed by atoms with Crippen LogP contribution in [0.5, 0.6) is 5.75 Å². The largest absolute Gasteiger partial charge is 0.495 e. The van der Waals surface area contributed by atoms with Crippen LogP contribution in [-0.4, -0.2) is 25.1 Å². The third-order valence-electron chi connectivity index (χ3n) is 3.08. The third-order valence-corrected chi connectivity index (χ3v) is 3.57. The van der Waals surface area contributed by atoms with Crippen molar-refractivity contribution in [1.29, 1.82) is 0 Å². The van der Waals surface area contributed by atoms with Crippen LogP contribution in [0.1, 0.15) is 17.3 Å². The lowest BCUT2D eigenvalue weighted by Gasteiger charge is -2.15. The number of nitrogens with one attached hydrogen (secondary N) is 1. The molecule has 0 fully saturated rings. The van der Waals surface area contributed by atoms with Crippen LogP contribution in [0, 0.1) is 0 Å². The van der Waals surface area contributed by atoms with Gasteiger partial charge in [0.1, 0.15) is 5.75 Å². The fourth-order valence-electron chi connectivity index (χ4n) is 1.88. The molecule has 0 bridgehead atoms. The summed E-state index contributed by atoms with van der Waals surface area (Å²) in [6, 6.07) is 13.8. The first-order valence-electron chi connectivity index (χ1n) is 6.91. The van der Waals surface area contributed by atoms with E-state index in [1.807, 2.05) is 0 Å². The minimum absolute atomic E-state index is 0.372. The molecule has 1 atom stereocenters. The monoisotopic (exact) mass is 377 g/mol. The Morgan fingerprint density at radius 3 is 2.57 bits per heavy atom. The van der Waals surface area contributed by atoms with E-state index in [9.17, 15) is 9.59 Å². The molecule has 2 aromatic carbocycles. The molecular formula is C17H16BrNO4. The number of carbonyl (C=O) groups excluding carboxylic acids is 2. The lowest BCUT2D eigenvalue weighted by atomic mass is 10.2. The first-order valence-corrected chi connectivity index (χ1v) is 7.71. The van der Waals surface area contributed by atoms with E-state index in [1.165, 1.54) is 14.0 Å². The SMILES string of the molecule is COc1ccccc1NC(=O)C(C)OC(=O)c1cccc(Br)c1. The van der Waals surface area contributed by atoms with Crippen molar-refractivity contribution in [3.8, 4) is 5.75 Å². The van der Waals surface area contributed by atoms with Gasteiger partial charge in [-0.25, -0.2) is 4.79 Å². The van der Waals surface area contributed by atoms with E-state index in [1.54, 1.807) is 48.5 Å². The second-order valence-corrected chi connectivity index (χ2v) is 5.66. The molecule has 23 heavy (non-hydrogen) atoms. The van der Waals surface area contributed by atoms with Crippen LogP contribution in [0.4, 0.5) is 5.69 Å². The predicted molar refractivity (Wildman–Crippen MR) is 90.6 cm³/mol. The number of halogens is 1. The molecule has 0 aliphatic carbocycles. The normalized spacial score (nSPS) is 11.4. The van der Waals surface area contributed by atoms with E-state index in [0.29, 0.717) is 17.0 Å². The van der Waals surface area contributed by atoms with E-state index in [4.69, 9.17) is 9.47 Å². The molecule has 0 aliphatic rings. The maximum Gasteiger partial charge on any atom is 0.338 e. The minimum Gasteiger partial charge on any atom is -0.495 e. The molecule has 0 saturated carbocycles. The summed E-state index contributed by atoms with van der Waals surface area (Å²) in [5, 5.41) is 2.68. The Labute approximate surface area is 142 Å². The molecule has 1 N–H and O–H groups in total. The van der Waals surface area contributed by atoms with Gasteiger partial charge < -0.3 is 14.8 Å². The fraction of sp³-hybridized carbons (Fsp3) is 0.176. The van der Waals surface area contributed by atoms with Gasteiger partial charge >= 0.3 is 5.97 Å². The number of para-hydroxylation sites is 2. The second kappa shape index (κ2) is 7.78. The van der Waals surface area contributed by atoms with Crippen molar-refractivity contribution in [3.63, 3.8) is 0 Å². The fourth-order valence-corrected chi connectivity index (χ4v) is 2.28. The number of benzene rings is 2. The van der Waals surface area contributed by atoms with E-state index in [0.717, 1.165) is 4.47 Å². The number of rotatable bonds is 5. The zero-order valence-corrected chi connectivity index (χ0v) is 14.3. The summed E-state index contributed by atoms with van der Waals surface area (Å²) < 4.78 is 11.1. The first kappa shape index (κ1) is 17.0. The minimum atomic E-state index is -0.939. The van der Waals surface area contributed by atoms with Crippen LogP contribution in [0.15, 0.2) is 53.0 Å². The zero-order valence-electron chi connectivity index (χ0n) is 12.7. The Hall–Kier alpha value is -2.34. The summed E-state index contributed by atoms with van der Waals surface area (Å²) in [6.07, 6.45) is -0.939. The second-order valence-electron chi connectivity index (χ2n) is 4.75. The molecule has 120 valence electrons. The van der Waals surface area contributed by atoms with E-state index in [2.05, 4.69) is 21.2 Å². The molecular weight excluding hydrogens is 362 g/mol. The summed E-state index contributed by atoms with van der Waals surface area (Å²) >= 11 is 3.28. The van der Waals surface area contributed by atoms with Crippen LogP contribution in [0.2, 0.25) is 0 Å². The molecule has 0 aliphatic heterocycles. The Morgan fingerprint density at radius 2 is 1.87 bits per heavy atom. The van der Waals surface area contributed by atoms with E-state index < -0.39 is 18.0 Å². The van der Waals surface area contributed by atoms with Gasteiger partial charge in [-0.2, -0.15) is 0 Å². The summed E-state index contributed by atoms with van der Waals surface area (Å²) in [4.78, 5) is 24.2. The lowest BCUT2D eigenvalue weighted by molar-refractivity contribution is -0.123.